The van der Waals surface area contributed by atoms with Crippen molar-refractivity contribution in [3.63, 3.8) is 0 Å². The molecule has 0 aromatic heterocycles. The Labute approximate surface area is 91.7 Å². The van der Waals surface area contributed by atoms with Crippen LogP contribution in [0.2, 0.25) is 0 Å². The van der Waals surface area contributed by atoms with E-state index in [2.05, 4.69) is 26.1 Å². The Balaban J connectivity index is 0. The van der Waals surface area contributed by atoms with Crippen LogP contribution in [0.3, 0.4) is 0 Å². The summed E-state index contributed by atoms with van der Waals surface area (Å²) in [6, 6.07) is 0. The molecule has 14 heavy (non-hydrogen) atoms. The fourth-order valence-corrected chi connectivity index (χ4v) is 1.72. The summed E-state index contributed by atoms with van der Waals surface area (Å²) in [6.07, 6.45) is 5.48. The van der Waals surface area contributed by atoms with Crippen molar-refractivity contribution < 1.29 is 0 Å². The highest BCUT2D eigenvalue weighted by molar-refractivity contribution is 4.61. The second-order valence-electron chi connectivity index (χ2n) is 4.01. The topological polar surface area (TPSA) is 12.0 Å². The van der Waals surface area contributed by atoms with E-state index in [1.807, 2.05) is 20.9 Å². The minimum absolute atomic E-state index is 0.865. The zero-order valence-corrected chi connectivity index (χ0v) is 11.2. The van der Waals surface area contributed by atoms with E-state index in [4.69, 9.17) is 0 Å². The molecule has 0 bridgehead atoms. The Bertz CT molecular complexity index is 89.2. The van der Waals surface area contributed by atoms with Crippen molar-refractivity contribution in [1.82, 2.24) is 5.32 Å². The molecule has 88 valence electrons. The predicted molar refractivity (Wildman–Crippen MR) is 67.7 cm³/mol. The third-order valence-corrected chi connectivity index (χ3v) is 2.72. The summed E-state index contributed by atoms with van der Waals surface area (Å²) in [5.41, 5.74) is 0. The number of rotatable bonds is 7. The van der Waals surface area contributed by atoms with Crippen LogP contribution in [0.15, 0.2) is 0 Å². The molecule has 1 nitrogen and oxygen atoms in total. The molecule has 0 aliphatic rings. The molecule has 0 fully saturated rings. The van der Waals surface area contributed by atoms with Gasteiger partial charge in [0.25, 0.3) is 0 Å². The van der Waals surface area contributed by atoms with Gasteiger partial charge in [-0.25, -0.2) is 0 Å². The van der Waals surface area contributed by atoms with Gasteiger partial charge in [0.05, 0.1) is 0 Å². The van der Waals surface area contributed by atoms with Crippen LogP contribution in [-0.4, -0.2) is 13.6 Å². The van der Waals surface area contributed by atoms with E-state index in [0.29, 0.717) is 0 Å². The highest BCUT2D eigenvalue weighted by atomic mass is 14.8. The molecule has 1 N–H and O–H groups in total. The Hall–Kier alpha value is -0.0400. The molecule has 0 heterocycles. The Kier molecular flexibility index (Phi) is 15.2. The van der Waals surface area contributed by atoms with E-state index >= 15 is 0 Å². The molecule has 0 amide bonds. The lowest BCUT2D eigenvalue weighted by molar-refractivity contribution is 0.337. The molecule has 0 saturated heterocycles. The lowest BCUT2D eigenvalue weighted by atomic mass is 9.88. The van der Waals surface area contributed by atoms with Crippen molar-refractivity contribution in [2.24, 2.45) is 11.8 Å². The van der Waals surface area contributed by atoms with Crippen LogP contribution in [0.25, 0.3) is 0 Å². The van der Waals surface area contributed by atoms with Crippen molar-refractivity contribution in [2.45, 2.75) is 60.3 Å². The van der Waals surface area contributed by atoms with Gasteiger partial charge < -0.3 is 5.32 Å². The molecular weight excluding hydrogens is 170 g/mol. The summed E-state index contributed by atoms with van der Waals surface area (Å²) in [7, 11) is 2.03. The molecule has 0 aliphatic carbocycles. The molecule has 0 rings (SSSR count). The molecule has 0 aromatic rings. The summed E-state index contributed by atoms with van der Waals surface area (Å²) < 4.78 is 0. The van der Waals surface area contributed by atoms with Crippen LogP contribution >= 0.6 is 0 Å². The smallest absolute Gasteiger partial charge is 0.00519 e. The first-order valence-corrected chi connectivity index (χ1v) is 6.37. The second kappa shape index (κ2) is 13.0. The maximum Gasteiger partial charge on any atom is -0.00519 e. The van der Waals surface area contributed by atoms with Crippen LogP contribution in [0, 0.1) is 11.8 Å². The van der Waals surface area contributed by atoms with E-state index < -0.39 is 0 Å². The standard InChI is InChI=1S/C11H25N.C2H6/c1-5-11(10(2)3)8-6-7-9-12-4;1-2/h10-12H,5-9H2,1-4H3;1-2H3. The summed E-state index contributed by atoms with van der Waals surface area (Å²) in [5.74, 6) is 1.81. The van der Waals surface area contributed by atoms with Crippen LogP contribution in [0.1, 0.15) is 60.3 Å². The van der Waals surface area contributed by atoms with Gasteiger partial charge >= 0.3 is 0 Å². The molecule has 1 heteroatoms. The number of hydrogen-bond donors (Lipinski definition) is 1. The summed E-state index contributed by atoms with van der Waals surface area (Å²) in [6.45, 7) is 12.2. The van der Waals surface area contributed by atoms with Gasteiger partial charge in [-0.3, -0.25) is 0 Å². The zero-order valence-electron chi connectivity index (χ0n) is 11.2. The van der Waals surface area contributed by atoms with Crippen molar-refractivity contribution in [3.05, 3.63) is 0 Å². The molecule has 0 radical (unpaired) electrons. The van der Waals surface area contributed by atoms with E-state index in [0.717, 1.165) is 11.8 Å². The van der Waals surface area contributed by atoms with E-state index in [9.17, 15) is 0 Å². The highest BCUT2D eigenvalue weighted by Crippen LogP contribution is 2.20. The first-order valence-electron chi connectivity index (χ1n) is 6.37. The zero-order chi connectivity index (χ0) is 11.4. The maximum atomic E-state index is 3.19. The summed E-state index contributed by atoms with van der Waals surface area (Å²) in [5, 5.41) is 3.19. The minimum atomic E-state index is 0.865. The average molecular weight is 201 g/mol. The van der Waals surface area contributed by atoms with Crippen molar-refractivity contribution >= 4 is 0 Å². The first-order chi connectivity index (χ1) is 6.72. The van der Waals surface area contributed by atoms with Gasteiger partial charge in [-0.1, -0.05) is 53.9 Å². The molecule has 0 spiro atoms. The lowest BCUT2D eigenvalue weighted by Gasteiger charge is -2.18. The van der Waals surface area contributed by atoms with Gasteiger partial charge in [-0.05, 0) is 31.8 Å². The van der Waals surface area contributed by atoms with Crippen LogP contribution in [0.4, 0.5) is 0 Å². The van der Waals surface area contributed by atoms with Crippen LogP contribution in [0.5, 0.6) is 0 Å². The Morgan fingerprint density at radius 2 is 1.64 bits per heavy atom. The SMILES string of the molecule is CC.CCC(CCCCNC)C(C)C. The van der Waals surface area contributed by atoms with Gasteiger partial charge in [0.15, 0.2) is 0 Å². The Morgan fingerprint density at radius 1 is 1.07 bits per heavy atom. The number of unbranched alkanes of at least 4 members (excludes halogenated alkanes) is 1. The van der Waals surface area contributed by atoms with Crippen LogP contribution < -0.4 is 5.32 Å². The molecule has 0 aliphatic heterocycles. The van der Waals surface area contributed by atoms with Gasteiger partial charge in [-0.2, -0.15) is 0 Å². The fraction of sp³-hybridized carbons (Fsp3) is 1.00. The number of hydrogen-bond acceptors (Lipinski definition) is 1. The van der Waals surface area contributed by atoms with Gasteiger partial charge in [-0.15, -0.1) is 0 Å². The number of nitrogens with one attached hydrogen (secondary N) is 1. The largest absolute Gasteiger partial charge is 0.320 e. The van der Waals surface area contributed by atoms with Crippen LogP contribution in [-0.2, 0) is 0 Å². The molecule has 1 atom stereocenters. The van der Waals surface area contributed by atoms with E-state index in [1.54, 1.807) is 0 Å². The average Bonchev–Trinajstić information content (AvgIpc) is 2.20. The van der Waals surface area contributed by atoms with Crippen molar-refractivity contribution in [3.8, 4) is 0 Å². The van der Waals surface area contributed by atoms with E-state index in [-0.39, 0.29) is 0 Å². The fourth-order valence-electron chi connectivity index (χ4n) is 1.72. The summed E-state index contributed by atoms with van der Waals surface area (Å²) in [4.78, 5) is 0. The molecule has 0 aromatic carbocycles. The molecule has 0 saturated carbocycles. The van der Waals surface area contributed by atoms with Crippen molar-refractivity contribution in [2.75, 3.05) is 13.6 Å². The van der Waals surface area contributed by atoms with Gasteiger partial charge in [0, 0.05) is 0 Å². The normalized spacial score (nSPS) is 12.2. The van der Waals surface area contributed by atoms with E-state index in [1.165, 1.54) is 32.2 Å². The van der Waals surface area contributed by atoms with Gasteiger partial charge in [0.1, 0.15) is 0 Å². The summed E-state index contributed by atoms with van der Waals surface area (Å²) >= 11 is 0. The Morgan fingerprint density at radius 3 is 2.00 bits per heavy atom. The lowest BCUT2D eigenvalue weighted by Crippen LogP contribution is -2.10. The third kappa shape index (κ3) is 10.0. The second-order valence-corrected chi connectivity index (χ2v) is 4.01. The third-order valence-electron chi connectivity index (χ3n) is 2.72. The quantitative estimate of drug-likeness (QED) is 0.612. The molecule has 1 unspecified atom stereocenters. The monoisotopic (exact) mass is 201 g/mol. The predicted octanol–water partition coefficient (Wildman–Crippen LogP) is 4.08. The van der Waals surface area contributed by atoms with Crippen molar-refractivity contribution in [1.29, 1.82) is 0 Å². The highest BCUT2D eigenvalue weighted by Gasteiger charge is 2.09. The maximum absolute atomic E-state index is 3.19. The minimum Gasteiger partial charge on any atom is -0.320 e. The van der Waals surface area contributed by atoms with Gasteiger partial charge in [0.2, 0.25) is 0 Å². The first kappa shape index (κ1) is 16.4. The molecular formula is C13H31N.